The van der Waals surface area contributed by atoms with E-state index in [0.29, 0.717) is 24.1 Å². The summed E-state index contributed by atoms with van der Waals surface area (Å²) in [4.78, 5) is 2.49. The van der Waals surface area contributed by atoms with Gasteiger partial charge in [0.25, 0.3) is 0 Å². The lowest BCUT2D eigenvalue weighted by molar-refractivity contribution is 0.0709. The van der Waals surface area contributed by atoms with Crippen molar-refractivity contribution in [3.8, 4) is 0 Å². The summed E-state index contributed by atoms with van der Waals surface area (Å²) in [5, 5.41) is 0. The zero-order valence-corrected chi connectivity index (χ0v) is 12.2. The van der Waals surface area contributed by atoms with Crippen LogP contribution in [0.15, 0.2) is 18.2 Å². The molecule has 2 nitrogen and oxygen atoms in total. The first-order valence-corrected chi connectivity index (χ1v) is 7.26. The topological polar surface area (TPSA) is 29.3 Å². The van der Waals surface area contributed by atoms with Crippen LogP contribution in [0.25, 0.3) is 0 Å². The summed E-state index contributed by atoms with van der Waals surface area (Å²) in [6.07, 6.45) is 2.51. The number of nitrogens with zero attached hydrogens (tertiary/aromatic N) is 1. The minimum absolute atomic E-state index is 0.139. The van der Waals surface area contributed by atoms with E-state index in [9.17, 15) is 4.39 Å². The summed E-state index contributed by atoms with van der Waals surface area (Å²) in [6.45, 7) is 8.07. The van der Waals surface area contributed by atoms with Crippen LogP contribution < -0.4 is 5.73 Å². The number of halogens is 1. The Morgan fingerprint density at radius 3 is 2.79 bits per heavy atom. The van der Waals surface area contributed by atoms with Crippen molar-refractivity contribution in [1.82, 2.24) is 4.90 Å². The van der Waals surface area contributed by atoms with E-state index in [1.165, 1.54) is 12.8 Å². The van der Waals surface area contributed by atoms with Gasteiger partial charge < -0.3 is 5.73 Å². The van der Waals surface area contributed by atoms with E-state index in [4.69, 9.17) is 5.73 Å². The minimum Gasteiger partial charge on any atom is -0.329 e. The van der Waals surface area contributed by atoms with Crippen LogP contribution in [0.5, 0.6) is 0 Å². The van der Waals surface area contributed by atoms with Crippen molar-refractivity contribution < 1.29 is 4.39 Å². The van der Waals surface area contributed by atoms with E-state index in [0.717, 1.165) is 12.1 Å². The molecular weight excluding hydrogens is 239 g/mol. The molecule has 0 amide bonds. The predicted molar refractivity (Wildman–Crippen MR) is 77.5 cm³/mol. The molecule has 1 aliphatic rings. The third-order valence-electron chi connectivity index (χ3n) is 4.61. The molecule has 0 saturated carbocycles. The maximum absolute atomic E-state index is 13.4. The average molecular weight is 264 g/mol. The van der Waals surface area contributed by atoms with Crippen molar-refractivity contribution in [3.63, 3.8) is 0 Å². The highest BCUT2D eigenvalue weighted by Crippen LogP contribution is 2.31. The Labute approximate surface area is 115 Å². The first-order chi connectivity index (χ1) is 9.04. The largest absolute Gasteiger partial charge is 0.329 e. The highest BCUT2D eigenvalue weighted by molar-refractivity contribution is 5.27. The first kappa shape index (κ1) is 14.5. The van der Waals surface area contributed by atoms with E-state index in [2.05, 4.69) is 18.7 Å². The summed E-state index contributed by atoms with van der Waals surface area (Å²) in [5.41, 5.74) is 7.84. The van der Waals surface area contributed by atoms with Gasteiger partial charge in [-0.2, -0.15) is 0 Å². The summed E-state index contributed by atoms with van der Waals surface area (Å²) in [7, 11) is 0. The molecule has 1 fully saturated rings. The third kappa shape index (κ3) is 2.98. The lowest BCUT2D eigenvalue weighted by Gasteiger charge is -2.42. The number of piperidine rings is 1. The van der Waals surface area contributed by atoms with Crippen LogP contribution >= 0.6 is 0 Å². The van der Waals surface area contributed by atoms with Crippen LogP contribution in [0.1, 0.15) is 43.9 Å². The number of nitrogens with two attached hydrogens (primary N) is 1. The van der Waals surface area contributed by atoms with Crippen molar-refractivity contribution in [2.24, 2.45) is 11.7 Å². The van der Waals surface area contributed by atoms with Crippen LogP contribution in [-0.2, 0) is 0 Å². The maximum atomic E-state index is 13.4. The summed E-state index contributed by atoms with van der Waals surface area (Å²) >= 11 is 0. The van der Waals surface area contributed by atoms with Crippen molar-refractivity contribution >= 4 is 0 Å². The lowest BCUT2D eigenvalue weighted by Crippen LogP contribution is -2.46. The van der Waals surface area contributed by atoms with Gasteiger partial charge in [0.2, 0.25) is 0 Å². The van der Waals surface area contributed by atoms with Crippen LogP contribution in [0, 0.1) is 18.7 Å². The van der Waals surface area contributed by atoms with Crippen LogP contribution in [0.2, 0.25) is 0 Å². The number of benzene rings is 1. The quantitative estimate of drug-likeness (QED) is 0.908. The smallest absolute Gasteiger partial charge is 0.126 e. The summed E-state index contributed by atoms with van der Waals surface area (Å²) in [5.74, 6) is 0.559. The van der Waals surface area contributed by atoms with Gasteiger partial charge in [0.1, 0.15) is 5.82 Å². The molecule has 3 heteroatoms. The second-order valence-electron chi connectivity index (χ2n) is 5.86. The van der Waals surface area contributed by atoms with Gasteiger partial charge in [-0.15, -0.1) is 0 Å². The summed E-state index contributed by atoms with van der Waals surface area (Å²) in [6, 6.07) is 6.13. The number of likely N-dealkylation sites (tertiary alicyclic amines) is 1. The molecule has 1 aromatic carbocycles. The molecule has 1 saturated heterocycles. The molecule has 106 valence electrons. The van der Waals surface area contributed by atoms with E-state index in [1.807, 2.05) is 19.1 Å². The van der Waals surface area contributed by atoms with Crippen LogP contribution in [0.3, 0.4) is 0 Å². The Bertz CT molecular complexity index is 433. The highest BCUT2D eigenvalue weighted by atomic mass is 19.1. The molecule has 1 aliphatic heterocycles. The third-order valence-corrected chi connectivity index (χ3v) is 4.61. The second-order valence-corrected chi connectivity index (χ2v) is 5.86. The Kier molecular flexibility index (Phi) is 4.58. The van der Waals surface area contributed by atoms with Gasteiger partial charge in [0, 0.05) is 18.6 Å². The maximum Gasteiger partial charge on any atom is 0.126 e. The van der Waals surface area contributed by atoms with E-state index in [-0.39, 0.29) is 11.9 Å². The molecular formula is C16H25FN2. The normalized spacial score (nSPS) is 26.4. The number of hydrogen-bond donors (Lipinski definition) is 1. The van der Waals surface area contributed by atoms with E-state index >= 15 is 0 Å². The molecule has 3 atom stereocenters. The molecule has 2 N–H and O–H groups in total. The molecule has 0 aliphatic carbocycles. The van der Waals surface area contributed by atoms with E-state index in [1.54, 1.807) is 6.07 Å². The molecule has 3 unspecified atom stereocenters. The summed E-state index contributed by atoms with van der Waals surface area (Å²) < 4.78 is 13.4. The van der Waals surface area contributed by atoms with Gasteiger partial charge >= 0.3 is 0 Å². The minimum atomic E-state index is -0.139. The Morgan fingerprint density at radius 1 is 1.42 bits per heavy atom. The van der Waals surface area contributed by atoms with Gasteiger partial charge in [-0.1, -0.05) is 19.1 Å². The number of aryl methyl sites for hydroxylation is 1. The lowest BCUT2D eigenvalue weighted by atomic mass is 9.89. The predicted octanol–water partition coefficient (Wildman–Crippen LogP) is 3.25. The number of hydrogen-bond acceptors (Lipinski definition) is 2. The van der Waals surface area contributed by atoms with Crippen molar-refractivity contribution in [3.05, 3.63) is 35.1 Å². The molecule has 1 heterocycles. The van der Waals surface area contributed by atoms with Crippen molar-refractivity contribution in [2.75, 3.05) is 13.1 Å². The second kappa shape index (κ2) is 6.02. The molecule has 0 spiro atoms. The molecule has 0 radical (unpaired) electrons. The van der Waals surface area contributed by atoms with Gasteiger partial charge in [-0.3, -0.25) is 4.90 Å². The van der Waals surface area contributed by atoms with Crippen LogP contribution in [0.4, 0.5) is 4.39 Å². The fraction of sp³-hybridized carbons (Fsp3) is 0.625. The van der Waals surface area contributed by atoms with Crippen molar-refractivity contribution in [1.29, 1.82) is 0 Å². The molecule has 0 bridgehead atoms. The Balaban J connectivity index is 2.25. The number of rotatable bonds is 3. The molecule has 0 aromatic heterocycles. The van der Waals surface area contributed by atoms with Gasteiger partial charge in [0.15, 0.2) is 0 Å². The van der Waals surface area contributed by atoms with E-state index < -0.39 is 0 Å². The highest BCUT2D eigenvalue weighted by Gasteiger charge is 2.30. The Hall–Kier alpha value is -0.930. The zero-order valence-electron chi connectivity index (χ0n) is 12.2. The monoisotopic (exact) mass is 264 g/mol. The Morgan fingerprint density at radius 2 is 2.16 bits per heavy atom. The zero-order chi connectivity index (χ0) is 14.0. The average Bonchev–Trinajstić information content (AvgIpc) is 2.39. The molecule has 1 aromatic rings. The van der Waals surface area contributed by atoms with Gasteiger partial charge in [-0.25, -0.2) is 4.39 Å². The van der Waals surface area contributed by atoms with Gasteiger partial charge in [-0.05, 0) is 56.3 Å². The fourth-order valence-corrected chi connectivity index (χ4v) is 3.15. The SMILES string of the molecule is Cc1cc(C(CN)N2CCCC(C)C2C)ccc1F. The molecule has 2 rings (SSSR count). The first-order valence-electron chi connectivity index (χ1n) is 7.26. The van der Waals surface area contributed by atoms with Crippen molar-refractivity contribution in [2.45, 2.75) is 45.7 Å². The fourth-order valence-electron chi connectivity index (χ4n) is 3.15. The van der Waals surface area contributed by atoms with Crippen LogP contribution in [-0.4, -0.2) is 24.0 Å². The molecule has 19 heavy (non-hydrogen) atoms. The standard InChI is InChI=1S/C16H25FN2/c1-11-5-4-8-19(13(11)3)16(10-18)14-6-7-15(17)12(2)9-14/h6-7,9,11,13,16H,4-5,8,10,18H2,1-3H3. The van der Waals surface area contributed by atoms with Gasteiger partial charge in [0.05, 0.1) is 0 Å².